The standard InChI is InChI=1S/C23H25ClN2O2/c24-19-5-1-15(2-6-19)17-3-7-20-18(13-17)4-8-21(20)25-23(27)28-22-14-26-11-9-16(22)10-12-26/h1-3,5-7,13,16,21-22H,4,8-12,14H2,(H,25,27)/t21?,22-/m0/s1. The minimum atomic E-state index is -0.265. The topological polar surface area (TPSA) is 41.6 Å². The molecular formula is C23H25ClN2O2. The largest absolute Gasteiger partial charge is 0.445 e. The Morgan fingerprint density at radius 2 is 1.79 bits per heavy atom. The molecule has 6 rings (SSSR count). The van der Waals surface area contributed by atoms with E-state index in [1.54, 1.807) is 0 Å². The molecule has 0 spiro atoms. The Morgan fingerprint density at radius 1 is 1.04 bits per heavy atom. The van der Waals surface area contributed by atoms with Gasteiger partial charge < -0.3 is 10.1 Å². The normalized spacial score (nSPS) is 28.0. The predicted octanol–water partition coefficient (Wildman–Crippen LogP) is 4.81. The molecule has 1 amide bonds. The van der Waals surface area contributed by atoms with Crippen LogP contribution in [0.4, 0.5) is 4.79 Å². The zero-order valence-corrected chi connectivity index (χ0v) is 16.6. The number of hydrogen-bond acceptors (Lipinski definition) is 3. The number of hydrogen-bond donors (Lipinski definition) is 1. The van der Waals surface area contributed by atoms with Crippen molar-refractivity contribution < 1.29 is 9.53 Å². The van der Waals surface area contributed by atoms with E-state index in [2.05, 4.69) is 28.4 Å². The van der Waals surface area contributed by atoms with Crippen LogP contribution in [0.2, 0.25) is 5.02 Å². The summed E-state index contributed by atoms with van der Waals surface area (Å²) in [5.74, 6) is 0.536. The number of carbonyl (C=O) groups is 1. The van der Waals surface area contributed by atoms with E-state index < -0.39 is 0 Å². The van der Waals surface area contributed by atoms with Gasteiger partial charge in [0.05, 0.1) is 6.04 Å². The highest BCUT2D eigenvalue weighted by Gasteiger charge is 2.37. The number of amides is 1. The van der Waals surface area contributed by atoms with E-state index in [1.807, 2.05) is 24.3 Å². The predicted molar refractivity (Wildman–Crippen MR) is 111 cm³/mol. The van der Waals surface area contributed by atoms with Crippen molar-refractivity contribution in [2.75, 3.05) is 19.6 Å². The molecule has 146 valence electrons. The van der Waals surface area contributed by atoms with Gasteiger partial charge in [-0.25, -0.2) is 4.79 Å². The number of nitrogens with one attached hydrogen (secondary N) is 1. The quantitative estimate of drug-likeness (QED) is 0.809. The molecule has 3 saturated heterocycles. The number of benzene rings is 2. The summed E-state index contributed by atoms with van der Waals surface area (Å²) in [6.45, 7) is 3.19. The van der Waals surface area contributed by atoms with Crippen molar-refractivity contribution in [3.8, 4) is 11.1 Å². The highest BCUT2D eigenvalue weighted by molar-refractivity contribution is 6.30. The van der Waals surface area contributed by atoms with Gasteiger partial charge in [-0.2, -0.15) is 0 Å². The number of rotatable bonds is 3. The monoisotopic (exact) mass is 396 g/mol. The van der Waals surface area contributed by atoms with Crippen LogP contribution in [0.15, 0.2) is 42.5 Å². The maximum Gasteiger partial charge on any atom is 0.407 e. The van der Waals surface area contributed by atoms with Gasteiger partial charge >= 0.3 is 6.09 Å². The van der Waals surface area contributed by atoms with E-state index in [0.29, 0.717) is 5.92 Å². The molecule has 1 aliphatic carbocycles. The van der Waals surface area contributed by atoms with Gasteiger partial charge in [0.2, 0.25) is 0 Å². The molecule has 1 N–H and O–H groups in total. The van der Waals surface area contributed by atoms with E-state index in [9.17, 15) is 4.79 Å². The third kappa shape index (κ3) is 3.51. The maximum absolute atomic E-state index is 12.5. The van der Waals surface area contributed by atoms with Crippen LogP contribution in [0, 0.1) is 5.92 Å². The van der Waals surface area contributed by atoms with Crippen molar-refractivity contribution in [1.82, 2.24) is 10.2 Å². The Hall–Kier alpha value is -2.04. The van der Waals surface area contributed by atoms with Crippen molar-refractivity contribution in [1.29, 1.82) is 0 Å². The molecule has 4 aliphatic rings. The van der Waals surface area contributed by atoms with E-state index >= 15 is 0 Å². The number of fused-ring (bicyclic) bond motifs is 4. The minimum Gasteiger partial charge on any atom is -0.445 e. The molecule has 28 heavy (non-hydrogen) atoms. The van der Waals surface area contributed by atoms with Crippen molar-refractivity contribution in [2.45, 2.75) is 37.8 Å². The molecule has 3 aliphatic heterocycles. The average molecular weight is 397 g/mol. The first-order valence-corrected chi connectivity index (χ1v) is 10.6. The Morgan fingerprint density at radius 3 is 2.50 bits per heavy atom. The Kier molecular flexibility index (Phi) is 4.77. The van der Waals surface area contributed by atoms with Crippen LogP contribution in [0.5, 0.6) is 0 Å². The second kappa shape index (κ2) is 7.41. The van der Waals surface area contributed by atoms with Crippen LogP contribution in [0.1, 0.15) is 36.4 Å². The van der Waals surface area contributed by atoms with Crippen LogP contribution < -0.4 is 5.32 Å². The molecule has 3 fully saturated rings. The van der Waals surface area contributed by atoms with Crippen molar-refractivity contribution in [3.05, 3.63) is 58.6 Å². The number of halogens is 1. The van der Waals surface area contributed by atoms with Gasteiger partial charge in [-0.15, -0.1) is 0 Å². The van der Waals surface area contributed by atoms with E-state index in [0.717, 1.165) is 55.9 Å². The summed E-state index contributed by atoms with van der Waals surface area (Å²) in [5, 5.41) is 3.86. The molecule has 5 heteroatoms. The fourth-order valence-corrected chi connectivity index (χ4v) is 5.07. The van der Waals surface area contributed by atoms with Crippen LogP contribution in [-0.4, -0.2) is 36.7 Å². The fraction of sp³-hybridized carbons (Fsp3) is 0.435. The van der Waals surface area contributed by atoms with Crippen LogP contribution in [0.25, 0.3) is 11.1 Å². The number of nitrogens with zero attached hydrogens (tertiary/aromatic N) is 1. The summed E-state index contributed by atoms with van der Waals surface area (Å²) < 4.78 is 5.80. The zero-order valence-electron chi connectivity index (χ0n) is 15.9. The first kappa shape index (κ1) is 18.0. The molecule has 0 radical (unpaired) electrons. The molecule has 2 aromatic carbocycles. The lowest BCUT2D eigenvalue weighted by Gasteiger charge is -2.43. The maximum atomic E-state index is 12.5. The number of piperidine rings is 3. The van der Waals surface area contributed by atoms with Gasteiger partial charge in [0.25, 0.3) is 0 Å². The van der Waals surface area contributed by atoms with E-state index in [-0.39, 0.29) is 18.2 Å². The molecule has 3 heterocycles. The van der Waals surface area contributed by atoms with Crippen LogP contribution in [-0.2, 0) is 11.2 Å². The number of alkyl carbamates (subject to hydrolysis) is 1. The first-order chi connectivity index (χ1) is 13.7. The Balaban J connectivity index is 1.25. The Labute approximate surface area is 170 Å². The van der Waals surface area contributed by atoms with E-state index in [1.165, 1.54) is 16.7 Å². The fourth-order valence-electron chi connectivity index (χ4n) is 4.95. The summed E-state index contributed by atoms with van der Waals surface area (Å²) in [4.78, 5) is 14.9. The molecule has 2 bridgehead atoms. The van der Waals surface area contributed by atoms with Gasteiger partial charge in [-0.1, -0.05) is 41.9 Å². The number of ether oxygens (including phenoxy) is 1. The summed E-state index contributed by atoms with van der Waals surface area (Å²) >= 11 is 6.00. The minimum absolute atomic E-state index is 0.0443. The smallest absolute Gasteiger partial charge is 0.407 e. The van der Waals surface area contributed by atoms with Gasteiger partial charge in [-0.05, 0) is 79.1 Å². The number of carbonyl (C=O) groups excluding carboxylic acids is 1. The van der Waals surface area contributed by atoms with Gasteiger partial charge in [0, 0.05) is 11.6 Å². The van der Waals surface area contributed by atoms with Crippen molar-refractivity contribution in [3.63, 3.8) is 0 Å². The van der Waals surface area contributed by atoms with Crippen molar-refractivity contribution >= 4 is 17.7 Å². The lowest BCUT2D eigenvalue weighted by Crippen LogP contribution is -2.52. The van der Waals surface area contributed by atoms with Crippen LogP contribution >= 0.6 is 11.6 Å². The summed E-state index contributed by atoms with van der Waals surface area (Å²) in [7, 11) is 0. The highest BCUT2D eigenvalue weighted by Crippen LogP contribution is 2.35. The Bertz CT molecular complexity index is 875. The molecular weight excluding hydrogens is 372 g/mol. The number of aryl methyl sites for hydroxylation is 1. The van der Waals surface area contributed by atoms with E-state index in [4.69, 9.17) is 16.3 Å². The third-order valence-electron chi connectivity index (χ3n) is 6.54. The van der Waals surface area contributed by atoms with Gasteiger partial charge in [0.1, 0.15) is 6.10 Å². The second-order valence-electron chi connectivity index (χ2n) is 8.24. The molecule has 1 unspecified atom stereocenters. The summed E-state index contributed by atoms with van der Waals surface area (Å²) in [6.07, 6.45) is 3.99. The van der Waals surface area contributed by atoms with Gasteiger partial charge in [-0.3, -0.25) is 4.90 Å². The molecule has 4 nitrogen and oxygen atoms in total. The summed E-state index contributed by atoms with van der Waals surface area (Å²) in [5.41, 5.74) is 4.86. The molecule has 2 aromatic rings. The van der Waals surface area contributed by atoms with Gasteiger partial charge in [0.15, 0.2) is 0 Å². The second-order valence-corrected chi connectivity index (χ2v) is 8.67. The first-order valence-electron chi connectivity index (χ1n) is 10.2. The average Bonchev–Trinajstić information content (AvgIpc) is 3.11. The third-order valence-corrected chi connectivity index (χ3v) is 6.80. The SMILES string of the molecule is O=C(NC1CCc2cc(-c3ccc(Cl)cc3)ccc21)O[C@H]1CN2CCC1CC2. The lowest BCUT2D eigenvalue weighted by atomic mass is 9.86. The molecule has 0 saturated carbocycles. The zero-order chi connectivity index (χ0) is 19.1. The van der Waals surface area contributed by atoms with Crippen molar-refractivity contribution in [2.24, 2.45) is 5.92 Å². The highest BCUT2D eigenvalue weighted by atomic mass is 35.5. The molecule has 2 atom stereocenters. The van der Waals surface area contributed by atoms with Crippen LogP contribution in [0.3, 0.4) is 0 Å². The lowest BCUT2D eigenvalue weighted by molar-refractivity contribution is -0.0339. The summed E-state index contributed by atoms with van der Waals surface area (Å²) in [6, 6.07) is 14.5. The molecule has 0 aromatic heterocycles.